The van der Waals surface area contributed by atoms with Crippen LogP contribution in [0.25, 0.3) is 0 Å². The van der Waals surface area contributed by atoms with Gasteiger partial charge in [-0.1, -0.05) is 6.07 Å². The first-order valence-corrected chi connectivity index (χ1v) is 5.26. The third kappa shape index (κ3) is 4.88. The highest BCUT2D eigenvalue weighted by molar-refractivity contribution is 5.76. The molecule has 0 spiro atoms. The van der Waals surface area contributed by atoms with E-state index in [1.165, 1.54) is 6.07 Å². The van der Waals surface area contributed by atoms with E-state index in [0.717, 1.165) is 6.07 Å². The van der Waals surface area contributed by atoms with Crippen molar-refractivity contribution in [2.75, 3.05) is 6.54 Å². The largest absolute Gasteiger partial charge is 0.479 e. The van der Waals surface area contributed by atoms with Gasteiger partial charge in [0.2, 0.25) is 0 Å². The Kier molecular flexibility index (Phi) is 5.19. The van der Waals surface area contributed by atoms with Crippen LogP contribution in [0, 0.1) is 11.6 Å². The number of carboxylic acids is 1. The summed E-state index contributed by atoms with van der Waals surface area (Å²) < 4.78 is 25.8. The molecule has 6 nitrogen and oxygen atoms in total. The molecule has 2 amide bonds. The number of nitrogens with one attached hydrogen (secondary N) is 2. The lowest BCUT2D eigenvalue weighted by Crippen LogP contribution is -2.41. The van der Waals surface area contributed by atoms with Crippen molar-refractivity contribution in [3.05, 3.63) is 35.4 Å². The first-order chi connectivity index (χ1) is 8.90. The molecule has 1 aromatic rings. The van der Waals surface area contributed by atoms with Gasteiger partial charge < -0.3 is 20.8 Å². The number of amides is 2. The summed E-state index contributed by atoms with van der Waals surface area (Å²) in [6.45, 7) is -0.672. The fourth-order valence-corrected chi connectivity index (χ4v) is 1.18. The molecule has 0 aliphatic carbocycles. The van der Waals surface area contributed by atoms with Crippen molar-refractivity contribution in [2.45, 2.75) is 12.6 Å². The number of aliphatic hydroxyl groups is 1. The molecule has 0 saturated heterocycles. The number of carbonyl (C=O) groups excluding carboxylic acids is 1. The second kappa shape index (κ2) is 6.64. The van der Waals surface area contributed by atoms with Gasteiger partial charge in [0.05, 0.1) is 6.54 Å². The van der Waals surface area contributed by atoms with Crippen LogP contribution in [0.5, 0.6) is 0 Å². The van der Waals surface area contributed by atoms with Crippen molar-refractivity contribution in [1.82, 2.24) is 10.6 Å². The average Bonchev–Trinajstić information content (AvgIpc) is 2.34. The molecule has 1 atom stereocenters. The zero-order chi connectivity index (χ0) is 14.4. The van der Waals surface area contributed by atoms with Gasteiger partial charge in [-0.15, -0.1) is 0 Å². The van der Waals surface area contributed by atoms with Gasteiger partial charge in [-0.05, 0) is 6.07 Å². The number of hydrogen-bond donors (Lipinski definition) is 4. The van der Waals surface area contributed by atoms with E-state index >= 15 is 0 Å². The van der Waals surface area contributed by atoms with E-state index in [1.807, 2.05) is 0 Å². The van der Waals surface area contributed by atoms with Crippen LogP contribution in [0.1, 0.15) is 5.56 Å². The number of aliphatic hydroxyl groups excluding tert-OH is 1. The Morgan fingerprint density at radius 2 is 1.95 bits per heavy atom. The van der Waals surface area contributed by atoms with Gasteiger partial charge in [-0.25, -0.2) is 18.4 Å². The summed E-state index contributed by atoms with van der Waals surface area (Å²) in [4.78, 5) is 21.5. The van der Waals surface area contributed by atoms with E-state index in [1.54, 1.807) is 0 Å². The van der Waals surface area contributed by atoms with E-state index in [-0.39, 0.29) is 12.1 Å². The number of urea groups is 1. The summed E-state index contributed by atoms with van der Waals surface area (Å²) in [7, 11) is 0. The molecule has 1 aromatic carbocycles. The van der Waals surface area contributed by atoms with Crippen molar-refractivity contribution in [1.29, 1.82) is 0 Å². The summed E-state index contributed by atoms with van der Waals surface area (Å²) >= 11 is 0. The Balaban J connectivity index is 2.40. The Labute approximate surface area is 107 Å². The predicted molar refractivity (Wildman–Crippen MR) is 60.2 cm³/mol. The van der Waals surface area contributed by atoms with Crippen molar-refractivity contribution < 1.29 is 28.6 Å². The number of benzene rings is 1. The maximum absolute atomic E-state index is 13.2. The van der Waals surface area contributed by atoms with E-state index in [9.17, 15) is 18.4 Å². The third-order valence-corrected chi connectivity index (χ3v) is 2.20. The fraction of sp³-hybridized carbons (Fsp3) is 0.273. The van der Waals surface area contributed by atoms with Gasteiger partial charge in [-0.3, -0.25) is 0 Å². The molecule has 0 fully saturated rings. The maximum Gasteiger partial charge on any atom is 0.334 e. The first-order valence-electron chi connectivity index (χ1n) is 5.26. The third-order valence-electron chi connectivity index (χ3n) is 2.20. The highest BCUT2D eigenvalue weighted by Gasteiger charge is 2.14. The summed E-state index contributed by atoms with van der Waals surface area (Å²) in [5.74, 6) is -2.99. The summed E-state index contributed by atoms with van der Waals surface area (Å²) in [5, 5.41) is 21.6. The summed E-state index contributed by atoms with van der Waals surface area (Å²) in [5.41, 5.74) is 0.0790. The van der Waals surface area contributed by atoms with Crippen molar-refractivity contribution in [3.8, 4) is 0 Å². The zero-order valence-corrected chi connectivity index (χ0v) is 9.69. The van der Waals surface area contributed by atoms with Gasteiger partial charge in [0, 0.05) is 18.2 Å². The monoisotopic (exact) mass is 274 g/mol. The van der Waals surface area contributed by atoms with Crippen LogP contribution in [-0.4, -0.2) is 34.9 Å². The van der Waals surface area contributed by atoms with Gasteiger partial charge >= 0.3 is 12.0 Å². The van der Waals surface area contributed by atoms with Crippen molar-refractivity contribution in [2.24, 2.45) is 0 Å². The van der Waals surface area contributed by atoms with Crippen molar-refractivity contribution >= 4 is 12.0 Å². The Morgan fingerprint density at radius 1 is 1.26 bits per heavy atom. The Hall–Kier alpha value is -2.22. The topological polar surface area (TPSA) is 98.7 Å². The first kappa shape index (κ1) is 14.8. The summed E-state index contributed by atoms with van der Waals surface area (Å²) in [6.07, 6.45) is -1.71. The number of rotatable bonds is 5. The second-order valence-corrected chi connectivity index (χ2v) is 3.65. The van der Waals surface area contributed by atoms with E-state index in [0.29, 0.717) is 6.07 Å². The Morgan fingerprint density at radius 3 is 2.53 bits per heavy atom. The quantitative estimate of drug-likeness (QED) is 0.617. The predicted octanol–water partition coefficient (Wildman–Crippen LogP) is 0.210. The van der Waals surface area contributed by atoms with Crippen LogP contribution in [0.3, 0.4) is 0 Å². The van der Waals surface area contributed by atoms with Gasteiger partial charge in [0.1, 0.15) is 11.6 Å². The number of hydrogen-bond acceptors (Lipinski definition) is 3. The molecule has 1 rings (SSSR count). The van der Waals surface area contributed by atoms with Gasteiger partial charge in [0.25, 0.3) is 0 Å². The van der Waals surface area contributed by atoms with Crippen LogP contribution in [-0.2, 0) is 11.3 Å². The number of aliphatic carboxylic acids is 1. The normalized spacial score (nSPS) is 11.7. The molecule has 0 aliphatic rings. The molecule has 104 valence electrons. The van der Waals surface area contributed by atoms with E-state index < -0.39 is 36.3 Å². The molecule has 19 heavy (non-hydrogen) atoms. The minimum atomic E-state index is -1.71. The Bertz CT molecular complexity index is 482. The minimum Gasteiger partial charge on any atom is -0.479 e. The zero-order valence-electron chi connectivity index (χ0n) is 9.69. The lowest BCUT2D eigenvalue weighted by Gasteiger charge is -2.09. The number of carboxylic acid groups (broad SMARTS) is 1. The molecule has 0 unspecified atom stereocenters. The van der Waals surface area contributed by atoms with Gasteiger partial charge in [-0.2, -0.15) is 0 Å². The molecule has 4 N–H and O–H groups in total. The van der Waals surface area contributed by atoms with Crippen LogP contribution in [0.2, 0.25) is 0 Å². The van der Waals surface area contributed by atoms with E-state index in [2.05, 4.69) is 10.6 Å². The second-order valence-electron chi connectivity index (χ2n) is 3.65. The lowest BCUT2D eigenvalue weighted by molar-refractivity contribution is -0.146. The highest BCUT2D eigenvalue weighted by Crippen LogP contribution is 2.08. The number of halogens is 2. The van der Waals surface area contributed by atoms with Crippen molar-refractivity contribution in [3.63, 3.8) is 0 Å². The van der Waals surface area contributed by atoms with Crippen LogP contribution >= 0.6 is 0 Å². The highest BCUT2D eigenvalue weighted by atomic mass is 19.1. The molecule has 0 heterocycles. The molecule has 8 heteroatoms. The SMILES string of the molecule is O=C(NCc1ccc(F)cc1F)NC[C@H](O)C(=O)O. The molecule has 0 saturated carbocycles. The molecular formula is C11H12F2N2O4. The van der Waals surface area contributed by atoms with Crippen LogP contribution in [0.15, 0.2) is 18.2 Å². The van der Waals surface area contributed by atoms with Gasteiger partial charge in [0.15, 0.2) is 6.10 Å². The minimum absolute atomic E-state index is 0.0790. The molecular weight excluding hydrogens is 262 g/mol. The molecule has 0 bridgehead atoms. The summed E-state index contributed by atoms with van der Waals surface area (Å²) in [6, 6.07) is 2.13. The fourth-order valence-electron chi connectivity index (χ4n) is 1.18. The van der Waals surface area contributed by atoms with Crippen LogP contribution < -0.4 is 10.6 Å². The molecule has 0 radical (unpaired) electrons. The lowest BCUT2D eigenvalue weighted by atomic mass is 10.2. The standard InChI is InChI=1S/C11H12F2N2O4/c12-7-2-1-6(8(13)3-7)4-14-11(19)15-5-9(16)10(17)18/h1-3,9,16H,4-5H2,(H,17,18)(H2,14,15,19)/t9-/m0/s1. The number of carbonyl (C=O) groups is 2. The van der Waals surface area contributed by atoms with E-state index in [4.69, 9.17) is 10.2 Å². The van der Waals surface area contributed by atoms with Crippen LogP contribution in [0.4, 0.5) is 13.6 Å². The average molecular weight is 274 g/mol. The smallest absolute Gasteiger partial charge is 0.334 e. The molecule has 0 aromatic heterocycles. The molecule has 0 aliphatic heterocycles. The maximum atomic E-state index is 13.2.